The summed E-state index contributed by atoms with van der Waals surface area (Å²) in [5.74, 6) is -0.342. The van der Waals surface area contributed by atoms with Crippen LogP contribution in [-0.2, 0) is 9.59 Å². The van der Waals surface area contributed by atoms with Gasteiger partial charge in [0.1, 0.15) is 5.54 Å². The number of carbonyl (C=O) groups is 2. The molecule has 13 heavy (non-hydrogen) atoms. The Labute approximate surface area is 75.3 Å². The van der Waals surface area contributed by atoms with Crippen LogP contribution >= 0.6 is 0 Å². The lowest BCUT2D eigenvalue weighted by Crippen LogP contribution is -2.50. The number of carboxylic acid groups (broad SMARTS) is 1. The number of rotatable bonds is 1. The normalized spacial score (nSPS) is 51.1. The number of carbonyl (C=O) groups excluding carboxylic acids is 1. The van der Waals surface area contributed by atoms with Crippen LogP contribution in [0.1, 0.15) is 19.3 Å². The van der Waals surface area contributed by atoms with Crippen LogP contribution in [0.2, 0.25) is 0 Å². The Morgan fingerprint density at radius 3 is 2.85 bits per heavy atom. The van der Waals surface area contributed by atoms with Gasteiger partial charge >= 0.3 is 5.97 Å². The molecular formula is C9H11NO3. The summed E-state index contributed by atoms with van der Waals surface area (Å²) in [6.45, 7) is 0. The topological polar surface area (TPSA) is 66.4 Å². The molecule has 3 aliphatic rings. The number of nitrogens with one attached hydrogen (secondary N) is 1. The van der Waals surface area contributed by atoms with E-state index in [1.165, 1.54) is 0 Å². The number of hydrogen-bond donors (Lipinski definition) is 2. The van der Waals surface area contributed by atoms with Crippen LogP contribution in [0.4, 0.5) is 0 Å². The summed E-state index contributed by atoms with van der Waals surface area (Å²) in [6, 6.07) is 0. The van der Waals surface area contributed by atoms with Crippen molar-refractivity contribution in [3.63, 3.8) is 0 Å². The van der Waals surface area contributed by atoms with Gasteiger partial charge in [0.15, 0.2) is 0 Å². The first kappa shape index (κ1) is 7.35. The van der Waals surface area contributed by atoms with E-state index in [1.807, 2.05) is 0 Å². The fourth-order valence-electron chi connectivity index (χ4n) is 3.51. The summed E-state index contributed by atoms with van der Waals surface area (Å²) in [5.41, 5.74) is -0.884. The highest BCUT2D eigenvalue weighted by Gasteiger charge is 2.66. The molecular weight excluding hydrogens is 170 g/mol. The molecule has 2 bridgehead atoms. The summed E-state index contributed by atoms with van der Waals surface area (Å²) < 4.78 is 0. The van der Waals surface area contributed by atoms with Gasteiger partial charge in [-0.25, -0.2) is 4.79 Å². The van der Waals surface area contributed by atoms with E-state index in [0.29, 0.717) is 12.3 Å². The van der Waals surface area contributed by atoms with Crippen LogP contribution in [0.25, 0.3) is 0 Å². The molecule has 4 nitrogen and oxygen atoms in total. The maximum atomic E-state index is 11.4. The first-order valence-corrected chi connectivity index (χ1v) is 4.69. The first-order chi connectivity index (χ1) is 6.13. The lowest BCUT2D eigenvalue weighted by Gasteiger charge is -2.27. The lowest BCUT2D eigenvalue weighted by molar-refractivity contribution is -0.146. The summed E-state index contributed by atoms with van der Waals surface area (Å²) in [6.07, 6.45) is 2.48. The molecule has 0 aromatic heterocycles. The molecule has 1 saturated heterocycles. The summed E-state index contributed by atoms with van der Waals surface area (Å²) in [4.78, 5) is 22.5. The molecule has 3 rings (SSSR count). The van der Waals surface area contributed by atoms with Crippen molar-refractivity contribution in [1.82, 2.24) is 5.32 Å². The van der Waals surface area contributed by atoms with Gasteiger partial charge in [0.05, 0.1) is 0 Å². The molecule has 0 radical (unpaired) electrons. The van der Waals surface area contributed by atoms with Crippen molar-refractivity contribution in [3.05, 3.63) is 0 Å². The van der Waals surface area contributed by atoms with Gasteiger partial charge in [-0.1, -0.05) is 0 Å². The molecule has 4 heteroatoms. The molecule has 70 valence electrons. The van der Waals surface area contributed by atoms with Crippen molar-refractivity contribution in [2.75, 3.05) is 0 Å². The molecule has 0 unspecified atom stereocenters. The van der Waals surface area contributed by atoms with Gasteiger partial charge in [-0.3, -0.25) is 4.79 Å². The third-order valence-corrected chi connectivity index (χ3v) is 3.97. The molecule has 1 aliphatic heterocycles. The third kappa shape index (κ3) is 0.641. The number of aliphatic carboxylic acids is 1. The van der Waals surface area contributed by atoms with Crippen LogP contribution in [0, 0.1) is 17.8 Å². The van der Waals surface area contributed by atoms with Crippen LogP contribution in [0.3, 0.4) is 0 Å². The summed E-state index contributed by atoms with van der Waals surface area (Å²) in [7, 11) is 0. The van der Waals surface area contributed by atoms with E-state index >= 15 is 0 Å². The van der Waals surface area contributed by atoms with Crippen molar-refractivity contribution < 1.29 is 14.7 Å². The zero-order chi connectivity index (χ0) is 9.22. The second kappa shape index (κ2) is 1.89. The van der Waals surface area contributed by atoms with E-state index in [4.69, 9.17) is 5.11 Å². The minimum atomic E-state index is -0.884. The predicted octanol–water partition coefficient (Wildman–Crippen LogP) is -0.0143. The molecule has 3 fully saturated rings. The highest BCUT2D eigenvalue weighted by molar-refractivity contribution is 5.94. The van der Waals surface area contributed by atoms with E-state index in [1.54, 1.807) is 0 Å². The van der Waals surface area contributed by atoms with Crippen molar-refractivity contribution in [1.29, 1.82) is 0 Å². The Balaban J connectivity index is 2.09. The molecule has 0 aromatic carbocycles. The van der Waals surface area contributed by atoms with Gasteiger partial charge < -0.3 is 10.4 Å². The highest BCUT2D eigenvalue weighted by atomic mass is 16.4. The molecule has 4 atom stereocenters. The smallest absolute Gasteiger partial charge is 0.329 e. The average Bonchev–Trinajstić information content (AvgIpc) is 2.61. The number of hydrogen-bond acceptors (Lipinski definition) is 2. The van der Waals surface area contributed by atoms with E-state index in [2.05, 4.69) is 5.32 Å². The Hall–Kier alpha value is -1.06. The predicted molar refractivity (Wildman–Crippen MR) is 42.8 cm³/mol. The Bertz CT molecular complexity index is 312. The largest absolute Gasteiger partial charge is 0.479 e. The first-order valence-electron chi connectivity index (χ1n) is 4.69. The molecule has 2 N–H and O–H groups in total. The Kier molecular flexibility index (Phi) is 1.07. The minimum absolute atomic E-state index is 0.00477. The SMILES string of the molecule is O=C1N[C@@]2(C(=O)O)C[C@H]3C[C@H]1[C@H]2C3. The fraction of sp³-hybridized carbons (Fsp3) is 0.778. The zero-order valence-electron chi connectivity index (χ0n) is 7.12. The van der Waals surface area contributed by atoms with Crippen LogP contribution in [0.5, 0.6) is 0 Å². The molecule has 0 aromatic rings. The lowest BCUT2D eigenvalue weighted by atomic mass is 9.79. The van der Waals surface area contributed by atoms with Gasteiger partial charge in [0.25, 0.3) is 0 Å². The Morgan fingerprint density at radius 1 is 1.54 bits per heavy atom. The zero-order valence-corrected chi connectivity index (χ0v) is 7.12. The third-order valence-electron chi connectivity index (χ3n) is 3.97. The highest BCUT2D eigenvalue weighted by Crippen LogP contribution is 2.57. The maximum absolute atomic E-state index is 11.4. The van der Waals surface area contributed by atoms with E-state index in [-0.39, 0.29) is 17.7 Å². The van der Waals surface area contributed by atoms with Crippen molar-refractivity contribution in [3.8, 4) is 0 Å². The number of amides is 1. The minimum Gasteiger partial charge on any atom is -0.479 e. The quantitative estimate of drug-likeness (QED) is 0.597. The molecule has 0 spiro atoms. The molecule has 2 saturated carbocycles. The molecule has 1 heterocycles. The van der Waals surface area contributed by atoms with Crippen molar-refractivity contribution in [2.24, 2.45) is 17.8 Å². The summed E-state index contributed by atoms with van der Waals surface area (Å²) in [5, 5.41) is 11.8. The molecule has 1 amide bonds. The Morgan fingerprint density at radius 2 is 2.31 bits per heavy atom. The fourth-order valence-corrected chi connectivity index (χ4v) is 3.51. The number of carboxylic acids is 1. The van der Waals surface area contributed by atoms with E-state index in [0.717, 1.165) is 12.8 Å². The van der Waals surface area contributed by atoms with Gasteiger partial charge in [0, 0.05) is 11.8 Å². The van der Waals surface area contributed by atoms with Crippen molar-refractivity contribution in [2.45, 2.75) is 24.8 Å². The second-order valence-corrected chi connectivity index (χ2v) is 4.52. The number of fused-ring (bicyclic) bond motifs is 1. The van der Waals surface area contributed by atoms with E-state index in [9.17, 15) is 9.59 Å². The monoisotopic (exact) mass is 181 g/mol. The average molecular weight is 181 g/mol. The van der Waals surface area contributed by atoms with Crippen LogP contribution in [0.15, 0.2) is 0 Å². The van der Waals surface area contributed by atoms with Crippen LogP contribution in [-0.4, -0.2) is 22.5 Å². The second-order valence-electron chi connectivity index (χ2n) is 4.52. The maximum Gasteiger partial charge on any atom is 0.329 e. The van der Waals surface area contributed by atoms with Crippen LogP contribution < -0.4 is 5.32 Å². The van der Waals surface area contributed by atoms with Gasteiger partial charge in [-0.15, -0.1) is 0 Å². The standard InChI is InChI=1S/C9H11NO3/c11-7-5-1-4-2-6(5)9(3-4,10-7)8(12)13/h4-6H,1-3H2,(H,10,11)(H,12,13)/t4-,5-,6+,9-/m0/s1. The van der Waals surface area contributed by atoms with Crippen molar-refractivity contribution >= 4 is 11.9 Å². The van der Waals surface area contributed by atoms with E-state index < -0.39 is 11.5 Å². The summed E-state index contributed by atoms with van der Waals surface area (Å²) >= 11 is 0. The van der Waals surface area contributed by atoms with Gasteiger partial charge in [-0.2, -0.15) is 0 Å². The molecule has 2 aliphatic carbocycles. The van der Waals surface area contributed by atoms with Gasteiger partial charge in [0.2, 0.25) is 5.91 Å². The van der Waals surface area contributed by atoms with Gasteiger partial charge in [-0.05, 0) is 25.2 Å².